The first-order chi connectivity index (χ1) is 12.5. The highest BCUT2D eigenvalue weighted by atomic mass is 16.5. The van der Waals surface area contributed by atoms with Gasteiger partial charge in [-0.3, -0.25) is 9.59 Å². The standard InChI is InChI=1S/C19H26N4O3/c1-4-23(13-17(24)20-14(2)3)19(25)11-10-18-21-16(22-26-18)12-15-8-6-5-7-9-15/h5-9,14H,4,10-13H2,1-3H3,(H,20,24). The largest absolute Gasteiger partial charge is 0.352 e. The van der Waals surface area contributed by atoms with Gasteiger partial charge in [-0.15, -0.1) is 0 Å². The maximum Gasteiger partial charge on any atom is 0.239 e. The van der Waals surface area contributed by atoms with E-state index in [1.54, 1.807) is 0 Å². The summed E-state index contributed by atoms with van der Waals surface area (Å²) in [5.41, 5.74) is 1.10. The molecule has 26 heavy (non-hydrogen) atoms. The Morgan fingerprint density at radius 2 is 1.96 bits per heavy atom. The van der Waals surface area contributed by atoms with E-state index in [9.17, 15) is 9.59 Å². The summed E-state index contributed by atoms with van der Waals surface area (Å²) in [6, 6.07) is 9.94. The minimum atomic E-state index is -0.155. The zero-order valence-electron chi connectivity index (χ0n) is 15.6. The third-order valence-electron chi connectivity index (χ3n) is 3.79. The predicted molar refractivity (Wildman–Crippen MR) is 97.4 cm³/mol. The number of hydrogen-bond acceptors (Lipinski definition) is 5. The Morgan fingerprint density at radius 1 is 1.23 bits per heavy atom. The zero-order valence-corrected chi connectivity index (χ0v) is 15.6. The summed E-state index contributed by atoms with van der Waals surface area (Å²) in [5, 5.41) is 6.75. The Bertz CT molecular complexity index is 713. The number of hydrogen-bond donors (Lipinski definition) is 1. The van der Waals surface area contributed by atoms with Gasteiger partial charge in [0, 0.05) is 31.8 Å². The van der Waals surface area contributed by atoms with Crippen LogP contribution >= 0.6 is 0 Å². The van der Waals surface area contributed by atoms with Gasteiger partial charge in [0.15, 0.2) is 5.82 Å². The molecule has 0 aliphatic rings. The summed E-state index contributed by atoms with van der Waals surface area (Å²) in [6.45, 7) is 6.17. The maximum atomic E-state index is 12.3. The molecule has 0 spiro atoms. The minimum absolute atomic E-state index is 0.0535. The highest BCUT2D eigenvalue weighted by Crippen LogP contribution is 2.08. The minimum Gasteiger partial charge on any atom is -0.352 e. The predicted octanol–water partition coefficient (Wildman–Crippen LogP) is 1.97. The number of aromatic nitrogens is 2. The third-order valence-corrected chi connectivity index (χ3v) is 3.79. The van der Waals surface area contributed by atoms with E-state index in [1.807, 2.05) is 51.1 Å². The molecular weight excluding hydrogens is 332 g/mol. The summed E-state index contributed by atoms with van der Waals surface area (Å²) >= 11 is 0. The van der Waals surface area contributed by atoms with E-state index in [1.165, 1.54) is 4.90 Å². The van der Waals surface area contributed by atoms with Gasteiger partial charge in [-0.1, -0.05) is 35.5 Å². The second kappa shape index (κ2) is 9.70. The van der Waals surface area contributed by atoms with Gasteiger partial charge in [-0.2, -0.15) is 4.98 Å². The molecule has 7 heteroatoms. The first-order valence-electron chi connectivity index (χ1n) is 8.90. The molecule has 0 unspecified atom stereocenters. The number of nitrogens with one attached hydrogen (secondary N) is 1. The molecule has 2 aromatic rings. The summed E-state index contributed by atoms with van der Waals surface area (Å²) < 4.78 is 5.22. The number of carbonyl (C=O) groups is 2. The van der Waals surface area contributed by atoms with Crippen molar-refractivity contribution in [2.24, 2.45) is 0 Å². The van der Waals surface area contributed by atoms with E-state index in [0.29, 0.717) is 31.1 Å². The number of rotatable bonds is 9. The number of amides is 2. The summed E-state index contributed by atoms with van der Waals surface area (Å²) in [7, 11) is 0. The second-order valence-corrected chi connectivity index (χ2v) is 6.40. The van der Waals surface area contributed by atoms with Crippen molar-refractivity contribution in [2.75, 3.05) is 13.1 Å². The van der Waals surface area contributed by atoms with Gasteiger partial charge in [-0.05, 0) is 26.3 Å². The van der Waals surface area contributed by atoms with Crippen LogP contribution in [0.2, 0.25) is 0 Å². The van der Waals surface area contributed by atoms with Crippen LogP contribution in [0.1, 0.15) is 44.5 Å². The first-order valence-corrected chi connectivity index (χ1v) is 8.90. The van der Waals surface area contributed by atoms with Crippen molar-refractivity contribution < 1.29 is 14.1 Å². The molecule has 0 aliphatic heterocycles. The van der Waals surface area contributed by atoms with Gasteiger partial charge in [0.05, 0.1) is 6.54 Å². The molecule has 0 atom stereocenters. The highest BCUT2D eigenvalue weighted by molar-refractivity contribution is 5.84. The Morgan fingerprint density at radius 3 is 2.62 bits per heavy atom. The quantitative estimate of drug-likeness (QED) is 0.740. The first kappa shape index (κ1) is 19.6. The van der Waals surface area contributed by atoms with Crippen molar-refractivity contribution in [1.82, 2.24) is 20.4 Å². The van der Waals surface area contributed by atoms with Crippen molar-refractivity contribution in [3.63, 3.8) is 0 Å². The van der Waals surface area contributed by atoms with Crippen molar-refractivity contribution in [2.45, 2.75) is 46.1 Å². The van der Waals surface area contributed by atoms with Gasteiger partial charge >= 0.3 is 0 Å². The number of carbonyl (C=O) groups excluding carboxylic acids is 2. The molecule has 140 valence electrons. The fraction of sp³-hybridized carbons (Fsp3) is 0.474. The molecular formula is C19H26N4O3. The molecule has 0 saturated carbocycles. The topological polar surface area (TPSA) is 88.3 Å². The average Bonchev–Trinajstić information content (AvgIpc) is 3.05. The fourth-order valence-electron chi connectivity index (χ4n) is 2.53. The van der Waals surface area contributed by atoms with E-state index >= 15 is 0 Å². The Balaban J connectivity index is 1.83. The van der Waals surface area contributed by atoms with Crippen LogP contribution in [0.15, 0.2) is 34.9 Å². The molecule has 0 bridgehead atoms. The van der Waals surface area contributed by atoms with Crippen LogP contribution in [-0.2, 0) is 22.4 Å². The molecule has 1 aromatic heterocycles. The van der Waals surface area contributed by atoms with E-state index in [0.717, 1.165) is 5.56 Å². The smallest absolute Gasteiger partial charge is 0.239 e. The average molecular weight is 358 g/mol. The van der Waals surface area contributed by atoms with Gasteiger partial charge in [0.2, 0.25) is 17.7 Å². The molecule has 0 radical (unpaired) electrons. The zero-order chi connectivity index (χ0) is 18.9. The molecule has 0 aliphatic carbocycles. The lowest BCUT2D eigenvalue weighted by Gasteiger charge is -2.20. The van der Waals surface area contributed by atoms with E-state index < -0.39 is 0 Å². The van der Waals surface area contributed by atoms with Crippen molar-refractivity contribution in [1.29, 1.82) is 0 Å². The third kappa shape index (κ3) is 6.31. The van der Waals surface area contributed by atoms with Crippen molar-refractivity contribution in [3.05, 3.63) is 47.6 Å². The lowest BCUT2D eigenvalue weighted by Crippen LogP contribution is -2.42. The van der Waals surface area contributed by atoms with Gasteiger partial charge in [0.25, 0.3) is 0 Å². The van der Waals surface area contributed by atoms with Crippen LogP contribution in [-0.4, -0.2) is 46.0 Å². The van der Waals surface area contributed by atoms with Crippen molar-refractivity contribution in [3.8, 4) is 0 Å². The maximum absolute atomic E-state index is 12.3. The number of benzene rings is 1. The summed E-state index contributed by atoms with van der Waals surface area (Å²) in [5.74, 6) is 0.779. The van der Waals surface area contributed by atoms with Crippen molar-refractivity contribution >= 4 is 11.8 Å². The van der Waals surface area contributed by atoms with Crippen LogP contribution in [0.4, 0.5) is 0 Å². The lowest BCUT2D eigenvalue weighted by molar-refractivity contribution is -0.136. The molecule has 0 fully saturated rings. The number of likely N-dealkylation sites (N-methyl/N-ethyl adjacent to an activating group) is 1. The molecule has 7 nitrogen and oxygen atoms in total. The summed E-state index contributed by atoms with van der Waals surface area (Å²) in [4.78, 5) is 30.0. The van der Waals surface area contributed by atoms with E-state index in [-0.39, 0.29) is 30.8 Å². The molecule has 0 saturated heterocycles. The lowest BCUT2D eigenvalue weighted by atomic mass is 10.1. The van der Waals surface area contributed by atoms with Gasteiger partial charge < -0.3 is 14.7 Å². The number of nitrogens with zero attached hydrogens (tertiary/aromatic N) is 3. The van der Waals surface area contributed by atoms with E-state index in [4.69, 9.17) is 4.52 Å². The van der Waals surface area contributed by atoms with Crippen LogP contribution in [0, 0.1) is 0 Å². The van der Waals surface area contributed by atoms with Gasteiger partial charge in [0.1, 0.15) is 0 Å². The van der Waals surface area contributed by atoms with Crippen LogP contribution in [0.25, 0.3) is 0 Å². The molecule has 1 aromatic carbocycles. The number of aryl methyl sites for hydroxylation is 1. The Labute approximate surface area is 153 Å². The van der Waals surface area contributed by atoms with Gasteiger partial charge in [-0.25, -0.2) is 0 Å². The summed E-state index contributed by atoms with van der Waals surface area (Å²) in [6.07, 6.45) is 1.19. The van der Waals surface area contributed by atoms with Crippen LogP contribution in [0.5, 0.6) is 0 Å². The normalized spacial score (nSPS) is 10.8. The van der Waals surface area contributed by atoms with Crippen LogP contribution in [0.3, 0.4) is 0 Å². The monoisotopic (exact) mass is 358 g/mol. The Kier molecular flexibility index (Phi) is 7.32. The SMILES string of the molecule is CCN(CC(=O)NC(C)C)C(=O)CCc1nc(Cc2ccccc2)no1. The molecule has 2 rings (SSSR count). The van der Waals surface area contributed by atoms with E-state index in [2.05, 4.69) is 15.5 Å². The molecule has 1 N–H and O–H groups in total. The molecule has 1 heterocycles. The fourth-order valence-corrected chi connectivity index (χ4v) is 2.53. The highest BCUT2D eigenvalue weighted by Gasteiger charge is 2.17. The van der Waals surface area contributed by atoms with Crippen LogP contribution < -0.4 is 5.32 Å². The second-order valence-electron chi connectivity index (χ2n) is 6.40. The Hall–Kier alpha value is -2.70. The molecule has 2 amide bonds.